The molecule has 1 rings (SSSR count). The third kappa shape index (κ3) is 1.58. The molecule has 66 valence electrons. The molecule has 0 aromatic carbocycles. The van der Waals surface area contributed by atoms with Gasteiger partial charge in [0, 0.05) is 0 Å². The second-order valence-electron chi connectivity index (χ2n) is 4.41. The van der Waals surface area contributed by atoms with Crippen LogP contribution in [0.25, 0.3) is 0 Å². The van der Waals surface area contributed by atoms with Crippen LogP contribution in [0.2, 0.25) is 0 Å². The number of unbranched alkanes of at least 4 members (excludes halogenated alkanes) is 1. The maximum atomic E-state index is 5.67. The predicted molar refractivity (Wildman–Crippen MR) is 49.3 cm³/mol. The first-order valence-electron chi connectivity index (χ1n) is 4.84. The molecule has 1 nitrogen and oxygen atoms in total. The fraction of sp³-hybridized carbons (Fsp3) is 1.00. The van der Waals surface area contributed by atoms with Gasteiger partial charge in [0.2, 0.25) is 0 Å². The van der Waals surface area contributed by atoms with Crippen molar-refractivity contribution in [3.63, 3.8) is 0 Å². The lowest BCUT2D eigenvalue weighted by Crippen LogP contribution is -2.05. The van der Waals surface area contributed by atoms with Gasteiger partial charge in [0.05, 0.1) is 0 Å². The summed E-state index contributed by atoms with van der Waals surface area (Å²) >= 11 is 0. The molecule has 0 heterocycles. The molecule has 2 N–H and O–H groups in total. The summed E-state index contributed by atoms with van der Waals surface area (Å²) < 4.78 is 0. The molecule has 0 spiro atoms. The first kappa shape index (κ1) is 9.05. The minimum Gasteiger partial charge on any atom is -0.330 e. The van der Waals surface area contributed by atoms with Crippen LogP contribution in [0.3, 0.4) is 0 Å². The number of hydrogen-bond acceptors (Lipinski definition) is 1. The summed E-state index contributed by atoms with van der Waals surface area (Å²) in [5.74, 6) is 1.74. The Bertz CT molecular complexity index is 129. The standard InChI is InChI=1S/C10H21N/c1-4-5-6-8-9(7-11)10(8,2)3/h8-9H,4-7,11H2,1-3H3. The van der Waals surface area contributed by atoms with Crippen molar-refractivity contribution >= 4 is 0 Å². The van der Waals surface area contributed by atoms with E-state index in [0.29, 0.717) is 5.41 Å². The van der Waals surface area contributed by atoms with Crippen LogP contribution in [0.1, 0.15) is 40.0 Å². The zero-order valence-corrected chi connectivity index (χ0v) is 8.06. The van der Waals surface area contributed by atoms with E-state index in [0.717, 1.165) is 18.4 Å². The third-order valence-electron chi connectivity index (χ3n) is 3.41. The summed E-state index contributed by atoms with van der Waals surface area (Å²) in [4.78, 5) is 0. The normalized spacial score (nSPS) is 33.8. The molecule has 1 saturated carbocycles. The van der Waals surface area contributed by atoms with E-state index in [1.54, 1.807) is 0 Å². The maximum Gasteiger partial charge on any atom is -0.00408 e. The minimum absolute atomic E-state index is 0.559. The lowest BCUT2D eigenvalue weighted by atomic mass is 10.1. The quantitative estimate of drug-likeness (QED) is 0.663. The molecule has 2 unspecified atom stereocenters. The molecule has 0 amide bonds. The van der Waals surface area contributed by atoms with Crippen molar-refractivity contribution in [3.05, 3.63) is 0 Å². The molecule has 0 aromatic rings. The third-order valence-corrected chi connectivity index (χ3v) is 3.41. The van der Waals surface area contributed by atoms with Gasteiger partial charge >= 0.3 is 0 Å². The molecular formula is C10H21N. The van der Waals surface area contributed by atoms with Crippen LogP contribution in [0.4, 0.5) is 0 Å². The van der Waals surface area contributed by atoms with Crippen LogP contribution in [0.5, 0.6) is 0 Å². The Balaban J connectivity index is 2.28. The summed E-state index contributed by atoms with van der Waals surface area (Å²) in [7, 11) is 0. The van der Waals surface area contributed by atoms with Crippen LogP contribution in [0.15, 0.2) is 0 Å². The van der Waals surface area contributed by atoms with Crippen molar-refractivity contribution in [2.45, 2.75) is 40.0 Å². The van der Waals surface area contributed by atoms with E-state index in [4.69, 9.17) is 5.73 Å². The Morgan fingerprint density at radius 3 is 2.27 bits per heavy atom. The van der Waals surface area contributed by atoms with Gasteiger partial charge in [-0.25, -0.2) is 0 Å². The summed E-state index contributed by atoms with van der Waals surface area (Å²) in [5, 5.41) is 0. The van der Waals surface area contributed by atoms with E-state index in [9.17, 15) is 0 Å². The van der Waals surface area contributed by atoms with Crippen LogP contribution >= 0.6 is 0 Å². The zero-order chi connectivity index (χ0) is 8.48. The van der Waals surface area contributed by atoms with Gasteiger partial charge in [-0.05, 0) is 30.2 Å². The molecule has 0 bridgehead atoms. The summed E-state index contributed by atoms with van der Waals surface area (Å²) in [6.45, 7) is 7.85. The van der Waals surface area contributed by atoms with Gasteiger partial charge in [0.1, 0.15) is 0 Å². The van der Waals surface area contributed by atoms with E-state index < -0.39 is 0 Å². The molecule has 1 aliphatic carbocycles. The van der Waals surface area contributed by atoms with E-state index in [2.05, 4.69) is 20.8 Å². The highest BCUT2D eigenvalue weighted by atomic mass is 14.7. The van der Waals surface area contributed by atoms with Gasteiger partial charge in [-0.3, -0.25) is 0 Å². The van der Waals surface area contributed by atoms with Gasteiger partial charge < -0.3 is 5.73 Å². The fourth-order valence-corrected chi connectivity index (χ4v) is 2.32. The molecule has 0 aromatic heterocycles. The monoisotopic (exact) mass is 155 g/mol. The SMILES string of the molecule is CCCCC1C(CN)C1(C)C. The Labute approximate surface area is 70.4 Å². The van der Waals surface area contributed by atoms with Gasteiger partial charge in [0.25, 0.3) is 0 Å². The number of hydrogen-bond donors (Lipinski definition) is 1. The van der Waals surface area contributed by atoms with Crippen LogP contribution in [0, 0.1) is 17.3 Å². The second-order valence-corrected chi connectivity index (χ2v) is 4.41. The average Bonchev–Trinajstić information content (AvgIpc) is 2.48. The smallest absolute Gasteiger partial charge is 0.00408 e. The van der Waals surface area contributed by atoms with Crippen LogP contribution in [-0.2, 0) is 0 Å². The van der Waals surface area contributed by atoms with Crippen molar-refractivity contribution in [1.29, 1.82) is 0 Å². The maximum absolute atomic E-state index is 5.67. The summed E-state index contributed by atoms with van der Waals surface area (Å²) in [6.07, 6.45) is 4.10. The van der Waals surface area contributed by atoms with E-state index >= 15 is 0 Å². The zero-order valence-electron chi connectivity index (χ0n) is 8.06. The van der Waals surface area contributed by atoms with Crippen LogP contribution in [-0.4, -0.2) is 6.54 Å². The van der Waals surface area contributed by atoms with Gasteiger partial charge in [-0.1, -0.05) is 33.6 Å². The Morgan fingerprint density at radius 1 is 1.27 bits per heavy atom. The Kier molecular flexibility index (Phi) is 2.58. The highest BCUT2D eigenvalue weighted by molar-refractivity contribution is 5.04. The first-order chi connectivity index (χ1) is 5.14. The highest BCUT2D eigenvalue weighted by Gasteiger charge is 2.55. The molecule has 1 aliphatic rings. The lowest BCUT2D eigenvalue weighted by Gasteiger charge is -2.00. The highest BCUT2D eigenvalue weighted by Crippen LogP contribution is 2.59. The van der Waals surface area contributed by atoms with Gasteiger partial charge in [0.15, 0.2) is 0 Å². The fourth-order valence-electron chi connectivity index (χ4n) is 2.32. The average molecular weight is 155 g/mol. The lowest BCUT2D eigenvalue weighted by molar-refractivity contribution is 0.510. The molecule has 0 aliphatic heterocycles. The Morgan fingerprint density at radius 2 is 1.91 bits per heavy atom. The van der Waals surface area contributed by atoms with Crippen molar-refractivity contribution in [2.75, 3.05) is 6.54 Å². The topological polar surface area (TPSA) is 26.0 Å². The second kappa shape index (κ2) is 3.14. The molecule has 0 radical (unpaired) electrons. The predicted octanol–water partition coefficient (Wildman–Crippen LogP) is 2.41. The van der Waals surface area contributed by atoms with E-state index in [-0.39, 0.29) is 0 Å². The van der Waals surface area contributed by atoms with Crippen LogP contribution < -0.4 is 5.73 Å². The summed E-state index contributed by atoms with van der Waals surface area (Å²) in [6, 6.07) is 0. The summed E-state index contributed by atoms with van der Waals surface area (Å²) in [5.41, 5.74) is 6.23. The number of rotatable bonds is 4. The molecule has 0 saturated heterocycles. The van der Waals surface area contributed by atoms with Gasteiger partial charge in [-0.15, -0.1) is 0 Å². The Hall–Kier alpha value is -0.0400. The molecule has 2 atom stereocenters. The van der Waals surface area contributed by atoms with Gasteiger partial charge in [-0.2, -0.15) is 0 Å². The van der Waals surface area contributed by atoms with Crippen molar-refractivity contribution < 1.29 is 0 Å². The molecular weight excluding hydrogens is 134 g/mol. The van der Waals surface area contributed by atoms with Crippen molar-refractivity contribution in [1.82, 2.24) is 0 Å². The first-order valence-corrected chi connectivity index (χ1v) is 4.84. The van der Waals surface area contributed by atoms with E-state index in [1.165, 1.54) is 19.3 Å². The van der Waals surface area contributed by atoms with Crippen molar-refractivity contribution in [3.8, 4) is 0 Å². The molecule has 11 heavy (non-hydrogen) atoms. The van der Waals surface area contributed by atoms with Crippen molar-refractivity contribution in [2.24, 2.45) is 23.0 Å². The number of nitrogens with two attached hydrogens (primary N) is 1. The largest absolute Gasteiger partial charge is 0.330 e. The molecule has 1 heteroatoms. The minimum atomic E-state index is 0.559. The molecule has 1 fully saturated rings. The van der Waals surface area contributed by atoms with E-state index in [1.807, 2.05) is 0 Å².